The zero-order valence-corrected chi connectivity index (χ0v) is 10.5. The summed E-state index contributed by atoms with van der Waals surface area (Å²) in [5.41, 5.74) is -0.857. The van der Waals surface area contributed by atoms with Crippen molar-refractivity contribution >= 4 is 33.7 Å². The first-order valence-corrected chi connectivity index (χ1v) is 5.62. The maximum atomic E-state index is 11.8. The van der Waals surface area contributed by atoms with Gasteiger partial charge in [0.25, 0.3) is 5.91 Å². The van der Waals surface area contributed by atoms with Gasteiger partial charge in [-0.05, 0) is 13.8 Å². The van der Waals surface area contributed by atoms with Crippen LogP contribution < -0.4 is 0 Å². The fraction of sp³-hybridized carbons (Fsp3) is 0.667. The number of carbonyl (C=O) groups excluding carboxylic acids is 3. The lowest BCUT2D eigenvalue weighted by Crippen LogP contribution is -2.42. The number of likely N-dealkylation sites (N-methyl/N-ethyl adjacent to an activating group) is 1. The summed E-state index contributed by atoms with van der Waals surface area (Å²) in [6.45, 7) is 3.16. The number of urea groups is 1. The molecular weight excluding hydrogens is 264 g/mol. The van der Waals surface area contributed by atoms with Crippen LogP contribution in [0.15, 0.2) is 0 Å². The van der Waals surface area contributed by atoms with Gasteiger partial charge in [-0.25, -0.2) is 4.79 Å². The van der Waals surface area contributed by atoms with Crippen LogP contribution in [0.25, 0.3) is 0 Å². The number of Topliss-reactive ketones (excluding diaryl/α,β-unsaturated/α-hetero) is 1. The summed E-state index contributed by atoms with van der Waals surface area (Å²) in [6.07, 6.45) is 0. The molecule has 1 saturated heterocycles. The number of ketones is 1. The molecule has 0 aromatic carbocycles. The van der Waals surface area contributed by atoms with Crippen molar-refractivity contribution in [1.82, 2.24) is 9.80 Å². The lowest BCUT2D eigenvalue weighted by atomic mass is 10.1. The molecule has 0 saturated carbocycles. The van der Waals surface area contributed by atoms with Crippen LogP contribution in [0.4, 0.5) is 4.79 Å². The number of carbonyl (C=O) groups is 3. The number of halogens is 1. The Kier molecular flexibility index (Phi) is 3.18. The van der Waals surface area contributed by atoms with Crippen LogP contribution in [0.3, 0.4) is 0 Å². The molecule has 1 fully saturated rings. The standard InChI is InChI=1S/C9H13BrN2O3/c1-9(2)7(14)12(5-6(13)4-10)8(15)11(9)3/h4-5H2,1-3H3. The van der Waals surface area contributed by atoms with Gasteiger partial charge in [-0.3, -0.25) is 14.5 Å². The lowest BCUT2D eigenvalue weighted by molar-refractivity contribution is -0.134. The Labute approximate surface area is 96.5 Å². The smallest absolute Gasteiger partial charge is 0.313 e. The van der Waals surface area contributed by atoms with E-state index in [1.54, 1.807) is 20.9 Å². The van der Waals surface area contributed by atoms with Crippen LogP contribution in [-0.4, -0.2) is 52.0 Å². The third kappa shape index (κ3) is 1.90. The zero-order chi connectivity index (χ0) is 11.8. The van der Waals surface area contributed by atoms with Crippen molar-refractivity contribution in [2.75, 3.05) is 18.9 Å². The van der Waals surface area contributed by atoms with Gasteiger partial charge in [-0.2, -0.15) is 0 Å². The zero-order valence-electron chi connectivity index (χ0n) is 8.91. The Morgan fingerprint density at radius 3 is 2.27 bits per heavy atom. The quantitative estimate of drug-likeness (QED) is 0.561. The van der Waals surface area contributed by atoms with Crippen LogP contribution in [0.5, 0.6) is 0 Å². The van der Waals surface area contributed by atoms with Gasteiger partial charge in [0.2, 0.25) is 0 Å². The van der Waals surface area contributed by atoms with Crippen molar-refractivity contribution in [2.45, 2.75) is 19.4 Å². The second-order valence-corrected chi connectivity index (χ2v) is 4.52. The molecule has 0 radical (unpaired) electrons. The number of nitrogens with zero attached hydrogens (tertiary/aromatic N) is 2. The molecule has 3 amide bonds. The number of amides is 3. The molecule has 1 rings (SSSR count). The van der Waals surface area contributed by atoms with Gasteiger partial charge in [-0.1, -0.05) is 15.9 Å². The highest BCUT2D eigenvalue weighted by Crippen LogP contribution is 2.25. The van der Waals surface area contributed by atoms with Crippen molar-refractivity contribution in [3.05, 3.63) is 0 Å². The molecule has 1 aliphatic rings. The third-order valence-corrected chi connectivity index (χ3v) is 3.23. The maximum Gasteiger partial charge on any atom is 0.327 e. The monoisotopic (exact) mass is 276 g/mol. The summed E-state index contributed by atoms with van der Waals surface area (Å²) in [5, 5.41) is 0.147. The largest absolute Gasteiger partial charge is 0.327 e. The van der Waals surface area contributed by atoms with E-state index in [2.05, 4.69) is 15.9 Å². The van der Waals surface area contributed by atoms with Crippen LogP contribution in [0, 0.1) is 0 Å². The summed E-state index contributed by atoms with van der Waals surface area (Å²) >= 11 is 2.99. The Morgan fingerprint density at radius 1 is 1.40 bits per heavy atom. The first kappa shape index (κ1) is 12.2. The highest BCUT2D eigenvalue weighted by molar-refractivity contribution is 9.09. The molecule has 0 aromatic rings. The molecule has 0 spiro atoms. The van der Waals surface area contributed by atoms with E-state index >= 15 is 0 Å². The molecule has 84 valence electrons. The van der Waals surface area contributed by atoms with Crippen LogP contribution in [0.1, 0.15) is 13.8 Å². The minimum absolute atomic E-state index is 0.147. The Balaban J connectivity index is 2.89. The number of hydrogen-bond donors (Lipinski definition) is 0. The molecule has 0 bridgehead atoms. The van der Waals surface area contributed by atoms with E-state index in [0.717, 1.165) is 4.90 Å². The van der Waals surface area contributed by atoms with E-state index in [1.165, 1.54) is 4.90 Å². The van der Waals surface area contributed by atoms with E-state index in [0.29, 0.717) is 0 Å². The van der Waals surface area contributed by atoms with Crippen molar-refractivity contribution in [1.29, 1.82) is 0 Å². The van der Waals surface area contributed by atoms with Gasteiger partial charge in [0.1, 0.15) is 5.54 Å². The van der Waals surface area contributed by atoms with E-state index in [-0.39, 0.29) is 23.6 Å². The molecular formula is C9H13BrN2O3. The second kappa shape index (κ2) is 3.92. The SMILES string of the molecule is CN1C(=O)N(CC(=O)CBr)C(=O)C1(C)C. The average Bonchev–Trinajstić information content (AvgIpc) is 2.33. The average molecular weight is 277 g/mol. The minimum atomic E-state index is -0.857. The molecule has 0 unspecified atom stereocenters. The van der Waals surface area contributed by atoms with E-state index in [9.17, 15) is 14.4 Å². The van der Waals surface area contributed by atoms with Gasteiger partial charge in [0, 0.05) is 7.05 Å². The number of alkyl halides is 1. The van der Waals surface area contributed by atoms with Gasteiger partial charge in [0.05, 0.1) is 11.9 Å². The van der Waals surface area contributed by atoms with Gasteiger partial charge in [-0.15, -0.1) is 0 Å². The van der Waals surface area contributed by atoms with Crippen molar-refractivity contribution in [3.63, 3.8) is 0 Å². The molecule has 6 heteroatoms. The Bertz CT molecular complexity index is 327. The number of rotatable bonds is 3. The summed E-state index contributed by atoms with van der Waals surface area (Å²) in [6, 6.07) is -0.417. The molecule has 0 atom stereocenters. The molecule has 0 aromatic heterocycles. The van der Waals surface area contributed by atoms with Gasteiger partial charge in [0.15, 0.2) is 5.78 Å². The fourth-order valence-corrected chi connectivity index (χ4v) is 1.52. The number of hydrogen-bond acceptors (Lipinski definition) is 3. The topological polar surface area (TPSA) is 57.7 Å². The van der Waals surface area contributed by atoms with Crippen molar-refractivity contribution in [2.24, 2.45) is 0 Å². The van der Waals surface area contributed by atoms with Crippen molar-refractivity contribution in [3.8, 4) is 0 Å². The summed E-state index contributed by atoms with van der Waals surface area (Å²) in [7, 11) is 1.55. The highest BCUT2D eigenvalue weighted by atomic mass is 79.9. The molecule has 0 aliphatic carbocycles. The molecule has 1 heterocycles. The first-order valence-electron chi connectivity index (χ1n) is 4.49. The van der Waals surface area contributed by atoms with Crippen LogP contribution in [0.2, 0.25) is 0 Å². The number of imide groups is 1. The van der Waals surface area contributed by atoms with E-state index in [4.69, 9.17) is 0 Å². The minimum Gasteiger partial charge on any atom is -0.313 e. The van der Waals surface area contributed by atoms with E-state index < -0.39 is 11.6 Å². The predicted octanol–water partition coefficient (Wildman–Crippen LogP) is 0.623. The summed E-state index contributed by atoms with van der Waals surface area (Å²) in [5.74, 6) is -0.521. The second-order valence-electron chi connectivity index (χ2n) is 3.96. The summed E-state index contributed by atoms with van der Waals surface area (Å²) in [4.78, 5) is 36.9. The van der Waals surface area contributed by atoms with Crippen LogP contribution >= 0.6 is 15.9 Å². The molecule has 5 nitrogen and oxygen atoms in total. The summed E-state index contributed by atoms with van der Waals surface area (Å²) < 4.78 is 0. The molecule has 15 heavy (non-hydrogen) atoms. The Hall–Kier alpha value is -0.910. The maximum absolute atomic E-state index is 11.8. The first-order chi connectivity index (χ1) is 6.82. The normalized spacial score (nSPS) is 20.0. The molecule has 1 aliphatic heterocycles. The highest BCUT2D eigenvalue weighted by Gasteiger charge is 2.49. The van der Waals surface area contributed by atoms with Crippen LogP contribution in [-0.2, 0) is 9.59 Å². The van der Waals surface area contributed by atoms with E-state index in [1.807, 2.05) is 0 Å². The Morgan fingerprint density at radius 2 is 1.93 bits per heavy atom. The predicted molar refractivity (Wildman–Crippen MR) is 57.8 cm³/mol. The van der Waals surface area contributed by atoms with Gasteiger partial charge < -0.3 is 4.90 Å². The van der Waals surface area contributed by atoms with Crippen molar-refractivity contribution < 1.29 is 14.4 Å². The lowest BCUT2D eigenvalue weighted by Gasteiger charge is -2.22. The third-order valence-electron chi connectivity index (χ3n) is 2.61. The fourth-order valence-electron chi connectivity index (χ4n) is 1.34. The molecule has 0 N–H and O–H groups in total. The van der Waals surface area contributed by atoms with Gasteiger partial charge >= 0.3 is 6.03 Å².